The summed E-state index contributed by atoms with van der Waals surface area (Å²) in [5, 5.41) is 12.3. The molecule has 0 bridgehead atoms. The number of H-pyrrole nitrogens is 1. The Morgan fingerprint density at radius 2 is 2.04 bits per heavy atom. The molecular formula is C20H17FN4O. The van der Waals surface area contributed by atoms with Gasteiger partial charge in [-0.3, -0.25) is 4.79 Å². The van der Waals surface area contributed by atoms with Crippen LogP contribution >= 0.6 is 0 Å². The van der Waals surface area contributed by atoms with Gasteiger partial charge >= 0.3 is 0 Å². The predicted molar refractivity (Wildman–Crippen MR) is 96.6 cm³/mol. The Bertz CT molecular complexity index is 1030. The van der Waals surface area contributed by atoms with Gasteiger partial charge in [0.25, 0.3) is 0 Å². The molecule has 0 spiro atoms. The van der Waals surface area contributed by atoms with Crippen LogP contribution in [0.3, 0.4) is 0 Å². The van der Waals surface area contributed by atoms with E-state index in [4.69, 9.17) is 0 Å². The molecule has 2 N–H and O–H groups in total. The molecule has 1 heterocycles. The number of carbonyl (C=O) groups is 1. The van der Waals surface area contributed by atoms with Crippen molar-refractivity contribution in [3.05, 3.63) is 48.3 Å². The van der Waals surface area contributed by atoms with Crippen LogP contribution in [0.2, 0.25) is 0 Å². The van der Waals surface area contributed by atoms with E-state index in [2.05, 4.69) is 21.4 Å². The Labute approximate surface area is 149 Å². The highest BCUT2D eigenvalue weighted by Crippen LogP contribution is 2.38. The maximum atomic E-state index is 13.4. The number of halogens is 1. The molecule has 1 aliphatic rings. The number of anilines is 1. The molecule has 1 saturated carbocycles. The fraction of sp³-hybridized carbons (Fsp3) is 0.250. The number of amides is 1. The fourth-order valence-corrected chi connectivity index (χ4v) is 3.48. The van der Waals surface area contributed by atoms with Crippen molar-refractivity contribution in [2.45, 2.75) is 25.7 Å². The maximum Gasteiger partial charge on any atom is 0.244 e. The molecule has 0 atom stereocenters. The Morgan fingerprint density at radius 3 is 2.77 bits per heavy atom. The van der Waals surface area contributed by atoms with Gasteiger partial charge in [-0.25, -0.2) is 9.37 Å². The van der Waals surface area contributed by atoms with Gasteiger partial charge in [0, 0.05) is 11.3 Å². The predicted octanol–water partition coefficient (Wildman–Crippen LogP) is 4.39. The summed E-state index contributed by atoms with van der Waals surface area (Å²) in [5.41, 5.74) is 1.80. The SMILES string of the molecule is N#CC1(C(=O)Nc2ccc3nc(-c4cccc(F)c4)[nH]c3c2)CCCC1. The summed E-state index contributed by atoms with van der Waals surface area (Å²) in [6, 6.07) is 13.7. The van der Waals surface area contributed by atoms with E-state index in [1.165, 1.54) is 12.1 Å². The second kappa shape index (κ2) is 6.26. The zero-order chi connectivity index (χ0) is 18.1. The normalized spacial score (nSPS) is 15.7. The van der Waals surface area contributed by atoms with Crippen LogP contribution in [0.1, 0.15) is 25.7 Å². The molecule has 26 heavy (non-hydrogen) atoms. The lowest BCUT2D eigenvalue weighted by Gasteiger charge is -2.19. The fourth-order valence-electron chi connectivity index (χ4n) is 3.48. The van der Waals surface area contributed by atoms with E-state index in [1.807, 2.05) is 0 Å². The molecule has 0 radical (unpaired) electrons. The Morgan fingerprint density at radius 1 is 1.23 bits per heavy atom. The van der Waals surface area contributed by atoms with E-state index in [-0.39, 0.29) is 11.7 Å². The van der Waals surface area contributed by atoms with Gasteiger partial charge in [0.05, 0.1) is 17.1 Å². The second-order valence-electron chi connectivity index (χ2n) is 6.68. The molecule has 3 aromatic rings. The average molecular weight is 348 g/mol. The second-order valence-corrected chi connectivity index (χ2v) is 6.68. The summed E-state index contributed by atoms with van der Waals surface area (Å²) in [6.45, 7) is 0. The molecule has 4 rings (SSSR count). The minimum atomic E-state index is -0.921. The van der Waals surface area contributed by atoms with Crippen molar-refractivity contribution in [1.82, 2.24) is 9.97 Å². The zero-order valence-electron chi connectivity index (χ0n) is 14.1. The van der Waals surface area contributed by atoms with Gasteiger partial charge in [0.2, 0.25) is 5.91 Å². The van der Waals surface area contributed by atoms with Crippen LogP contribution in [-0.2, 0) is 4.79 Å². The van der Waals surface area contributed by atoms with Crippen LogP contribution in [0, 0.1) is 22.6 Å². The van der Waals surface area contributed by atoms with Crippen molar-refractivity contribution in [3.63, 3.8) is 0 Å². The molecule has 1 fully saturated rings. The van der Waals surface area contributed by atoms with Crippen LogP contribution in [0.4, 0.5) is 10.1 Å². The Hall–Kier alpha value is -3.20. The molecule has 130 valence electrons. The van der Waals surface area contributed by atoms with Crippen LogP contribution in [-0.4, -0.2) is 15.9 Å². The smallest absolute Gasteiger partial charge is 0.244 e. The first-order valence-corrected chi connectivity index (χ1v) is 8.58. The number of hydrogen-bond acceptors (Lipinski definition) is 3. The minimum absolute atomic E-state index is 0.248. The molecule has 1 aliphatic carbocycles. The van der Waals surface area contributed by atoms with Crippen molar-refractivity contribution >= 4 is 22.6 Å². The van der Waals surface area contributed by atoms with Crippen LogP contribution in [0.15, 0.2) is 42.5 Å². The number of imidazole rings is 1. The molecule has 0 unspecified atom stereocenters. The van der Waals surface area contributed by atoms with Crippen molar-refractivity contribution in [1.29, 1.82) is 5.26 Å². The van der Waals surface area contributed by atoms with Crippen molar-refractivity contribution in [2.75, 3.05) is 5.32 Å². The van der Waals surface area contributed by atoms with Crippen molar-refractivity contribution in [2.24, 2.45) is 5.41 Å². The van der Waals surface area contributed by atoms with Crippen molar-refractivity contribution < 1.29 is 9.18 Å². The quantitative estimate of drug-likeness (QED) is 0.736. The first-order chi connectivity index (χ1) is 12.6. The number of nitrogens with zero attached hydrogens (tertiary/aromatic N) is 2. The number of nitrogens with one attached hydrogen (secondary N) is 2. The molecule has 5 nitrogen and oxygen atoms in total. The van der Waals surface area contributed by atoms with Crippen LogP contribution < -0.4 is 5.32 Å². The van der Waals surface area contributed by atoms with E-state index < -0.39 is 5.41 Å². The van der Waals surface area contributed by atoms with Gasteiger partial charge < -0.3 is 10.3 Å². The van der Waals surface area contributed by atoms with Crippen LogP contribution in [0.5, 0.6) is 0 Å². The number of benzene rings is 2. The van der Waals surface area contributed by atoms with E-state index in [1.54, 1.807) is 30.3 Å². The highest BCUT2D eigenvalue weighted by atomic mass is 19.1. The lowest BCUT2D eigenvalue weighted by Crippen LogP contribution is -2.32. The Kier molecular flexibility index (Phi) is 3.92. The third-order valence-electron chi connectivity index (χ3n) is 4.94. The van der Waals surface area contributed by atoms with E-state index in [9.17, 15) is 14.4 Å². The number of aromatic amines is 1. The maximum absolute atomic E-state index is 13.4. The largest absolute Gasteiger partial charge is 0.338 e. The number of aromatic nitrogens is 2. The van der Waals surface area contributed by atoms with Crippen LogP contribution in [0.25, 0.3) is 22.4 Å². The number of carbonyl (C=O) groups excluding carboxylic acids is 1. The summed E-state index contributed by atoms with van der Waals surface area (Å²) in [4.78, 5) is 20.2. The minimum Gasteiger partial charge on any atom is -0.338 e. The van der Waals surface area contributed by atoms with E-state index >= 15 is 0 Å². The van der Waals surface area contributed by atoms with Gasteiger partial charge in [0.1, 0.15) is 17.1 Å². The summed E-state index contributed by atoms with van der Waals surface area (Å²) in [5.74, 6) is -0.0109. The third kappa shape index (κ3) is 2.82. The standard InChI is InChI=1S/C20H17FN4O/c21-14-5-3-4-13(10-14)18-24-16-7-6-15(11-17(16)25-18)23-19(26)20(12-22)8-1-2-9-20/h3-7,10-11H,1-2,8-9H2,(H,23,26)(H,24,25). The molecule has 1 amide bonds. The molecule has 6 heteroatoms. The molecule has 1 aromatic heterocycles. The van der Waals surface area contributed by atoms with Gasteiger partial charge in [0.15, 0.2) is 0 Å². The van der Waals surface area contributed by atoms with E-state index in [0.29, 0.717) is 29.9 Å². The average Bonchev–Trinajstić information content (AvgIpc) is 3.29. The van der Waals surface area contributed by atoms with Gasteiger partial charge in [-0.2, -0.15) is 5.26 Å². The number of nitriles is 1. The zero-order valence-corrected chi connectivity index (χ0v) is 14.1. The summed E-state index contributed by atoms with van der Waals surface area (Å²) < 4.78 is 13.4. The molecular weight excluding hydrogens is 331 g/mol. The number of fused-ring (bicyclic) bond motifs is 1. The van der Waals surface area contributed by atoms with Gasteiger partial charge in [-0.15, -0.1) is 0 Å². The monoisotopic (exact) mass is 348 g/mol. The van der Waals surface area contributed by atoms with Gasteiger partial charge in [-0.1, -0.05) is 25.0 Å². The number of hydrogen-bond donors (Lipinski definition) is 2. The highest BCUT2D eigenvalue weighted by Gasteiger charge is 2.41. The molecule has 2 aromatic carbocycles. The summed E-state index contributed by atoms with van der Waals surface area (Å²) in [7, 11) is 0. The highest BCUT2D eigenvalue weighted by molar-refractivity contribution is 5.98. The molecule has 0 aliphatic heterocycles. The lowest BCUT2D eigenvalue weighted by molar-refractivity contribution is -0.122. The van der Waals surface area contributed by atoms with Gasteiger partial charge in [-0.05, 0) is 43.2 Å². The molecule has 0 saturated heterocycles. The lowest BCUT2D eigenvalue weighted by atomic mass is 9.87. The Balaban J connectivity index is 1.62. The first kappa shape index (κ1) is 16.3. The summed E-state index contributed by atoms with van der Waals surface area (Å²) >= 11 is 0. The first-order valence-electron chi connectivity index (χ1n) is 8.58. The van der Waals surface area contributed by atoms with Crippen molar-refractivity contribution in [3.8, 4) is 17.5 Å². The topological polar surface area (TPSA) is 81.6 Å². The van der Waals surface area contributed by atoms with E-state index in [0.717, 1.165) is 23.9 Å². The summed E-state index contributed by atoms with van der Waals surface area (Å²) in [6.07, 6.45) is 3.01. The number of rotatable bonds is 3. The third-order valence-corrected chi connectivity index (χ3v) is 4.94.